The number of aromatic nitrogens is 5. The largest absolute Gasteiger partial charge is 0.322 e. The predicted molar refractivity (Wildman–Crippen MR) is 147 cm³/mol. The zero-order valence-electron chi connectivity index (χ0n) is 22.2. The standard InChI is InChI=1S/C30H38N6O/c1-4-22-14-15-27-24(18-22)19-25(30(37)31-27)20-35(17-16-23-10-6-5-7-11-23)28(21(2)3)29-32-33-34-36(29)26-12-8-9-13-26/h5-7,10-11,14-15,18-19,21,26,28H,4,8-9,12-13,16-17,20H2,1-3H3,(H,31,37). The van der Waals surface area contributed by atoms with E-state index < -0.39 is 0 Å². The smallest absolute Gasteiger partial charge is 0.252 e. The summed E-state index contributed by atoms with van der Waals surface area (Å²) in [5.74, 6) is 1.19. The van der Waals surface area contributed by atoms with Crippen LogP contribution in [0.5, 0.6) is 0 Å². The Morgan fingerprint density at radius 2 is 1.84 bits per heavy atom. The number of tetrazole rings is 1. The lowest BCUT2D eigenvalue weighted by Crippen LogP contribution is -2.37. The van der Waals surface area contributed by atoms with Gasteiger partial charge in [0, 0.05) is 24.2 Å². The van der Waals surface area contributed by atoms with E-state index in [0.29, 0.717) is 12.6 Å². The van der Waals surface area contributed by atoms with Crippen molar-refractivity contribution in [3.63, 3.8) is 0 Å². The topological polar surface area (TPSA) is 79.7 Å². The summed E-state index contributed by atoms with van der Waals surface area (Å²) in [5.41, 5.74) is 4.18. The van der Waals surface area contributed by atoms with Crippen LogP contribution in [-0.4, -0.2) is 36.6 Å². The van der Waals surface area contributed by atoms with Crippen molar-refractivity contribution >= 4 is 10.9 Å². The third-order valence-corrected chi connectivity index (χ3v) is 7.78. The highest BCUT2D eigenvalue weighted by Gasteiger charge is 2.32. The van der Waals surface area contributed by atoms with Gasteiger partial charge >= 0.3 is 0 Å². The molecule has 2 aromatic heterocycles. The molecule has 194 valence electrons. The monoisotopic (exact) mass is 498 g/mol. The van der Waals surface area contributed by atoms with Gasteiger partial charge in [-0.1, -0.05) is 70.0 Å². The molecule has 0 saturated heterocycles. The molecule has 1 unspecified atom stereocenters. The number of hydrogen-bond donors (Lipinski definition) is 1. The number of H-pyrrole nitrogens is 1. The molecule has 0 radical (unpaired) electrons. The Labute approximate surface area is 218 Å². The highest BCUT2D eigenvalue weighted by Crippen LogP contribution is 2.34. The van der Waals surface area contributed by atoms with E-state index in [0.717, 1.165) is 54.5 Å². The molecule has 0 spiro atoms. The van der Waals surface area contributed by atoms with Crippen LogP contribution in [0.4, 0.5) is 0 Å². The summed E-state index contributed by atoms with van der Waals surface area (Å²) < 4.78 is 2.07. The zero-order valence-corrected chi connectivity index (χ0v) is 22.2. The second kappa shape index (κ2) is 11.4. The summed E-state index contributed by atoms with van der Waals surface area (Å²) in [6, 6.07) is 19.3. The number of pyridine rings is 1. The molecule has 2 heterocycles. The van der Waals surface area contributed by atoms with Crippen molar-refractivity contribution in [2.45, 2.75) is 77.9 Å². The zero-order chi connectivity index (χ0) is 25.8. The Balaban J connectivity index is 1.52. The Bertz CT molecular complexity index is 1370. The molecule has 1 saturated carbocycles. The SMILES string of the molecule is CCc1ccc2[nH]c(=O)c(CN(CCc3ccccc3)C(c3nnnn3C3CCCC3)C(C)C)cc2c1. The van der Waals surface area contributed by atoms with Crippen LogP contribution in [0.25, 0.3) is 10.9 Å². The highest BCUT2D eigenvalue weighted by molar-refractivity contribution is 5.79. The normalized spacial score (nSPS) is 15.3. The first-order valence-electron chi connectivity index (χ1n) is 13.7. The molecule has 1 fully saturated rings. The third-order valence-electron chi connectivity index (χ3n) is 7.78. The number of aromatic amines is 1. The molecular weight excluding hydrogens is 460 g/mol. The van der Waals surface area contributed by atoms with Crippen LogP contribution in [0, 0.1) is 5.92 Å². The first kappa shape index (κ1) is 25.3. The van der Waals surface area contributed by atoms with Gasteiger partial charge in [0.15, 0.2) is 5.82 Å². The number of benzene rings is 2. The van der Waals surface area contributed by atoms with Gasteiger partial charge in [-0.2, -0.15) is 0 Å². The van der Waals surface area contributed by atoms with Gasteiger partial charge in [0.1, 0.15) is 0 Å². The fourth-order valence-corrected chi connectivity index (χ4v) is 5.78. The maximum Gasteiger partial charge on any atom is 0.252 e. The summed E-state index contributed by atoms with van der Waals surface area (Å²) in [6.07, 6.45) is 6.54. The van der Waals surface area contributed by atoms with E-state index >= 15 is 0 Å². The van der Waals surface area contributed by atoms with Crippen LogP contribution >= 0.6 is 0 Å². The van der Waals surface area contributed by atoms with Crippen molar-refractivity contribution < 1.29 is 0 Å². The third kappa shape index (κ3) is 5.67. The molecule has 1 atom stereocenters. The molecule has 1 N–H and O–H groups in total. The van der Waals surface area contributed by atoms with Crippen molar-refractivity contribution in [2.24, 2.45) is 5.92 Å². The minimum Gasteiger partial charge on any atom is -0.322 e. The summed E-state index contributed by atoms with van der Waals surface area (Å²) in [5, 5.41) is 14.2. The molecule has 5 rings (SSSR count). The average molecular weight is 499 g/mol. The Morgan fingerprint density at radius 1 is 1.05 bits per heavy atom. The molecule has 0 amide bonds. The molecule has 0 bridgehead atoms. The Morgan fingerprint density at radius 3 is 2.57 bits per heavy atom. The molecule has 0 aliphatic heterocycles. The van der Waals surface area contributed by atoms with E-state index in [4.69, 9.17) is 0 Å². The first-order chi connectivity index (χ1) is 18.0. The number of fused-ring (bicyclic) bond motifs is 1. The van der Waals surface area contributed by atoms with Gasteiger partial charge in [0.2, 0.25) is 0 Å². The lowest BCUT2D eigenvalue weighted by molar-refractivity contribution is 0.133. The number of hydrogen-bond acceptors (Lipinski definition) is 5. The average Bonchev–Trinajstić information content (AvgIpc) is 3.60. The molecule has 1 aliphatic rings. The summed E-state index contributed by atoms with van der Waals surface area (Å²) in [6.45, 7) is 7.95. The van der Waals surface area contributed by atoms with Crippen LogP contribution in [0.15, 0.2) is 59.4 Å². The Hall–Kier alpha value is -3.32. The fourth-order valence-electron chi connectivity index (χ4n) is 5.78. The number of aryl methyl sites for hydroxylation is 1. The Kier molecular flexibility index (Phi) is 7.79. The quantitative estimate of drug-likeness (QED) is 0.306. The van der Waals surface area contributed by atoms with Crippen molar-refractivity contribution in [2.75, 3.05) is 6.54 Å². The maximum atomic E-state index is 13.2. The fraction of sp³-hybridized carbons (Fsp3) is 0.467. The summed E-state index contributed by atoms with van der Waals surface area (Å²) >= 11 is 0. The van der Waals surface area contributed by atoms with E-state index in [2.05, 4.69) is 93.3 Å². The first-order valence-corrected chi connectivity index (χ1v) is 13.7. The van der Waals surface area contributed by atoms with E-state index in [1.165, 1.54) is 24.0 Å². The molecule has 37 heavy (non-hydrogen) atoms. The van der Waals surface area contributed by atoms with Crippen LogP contribution in [0.2, 0.25) is 0 Å². The van der Waals surface area contributed by atoms with Gasteiger partial charge in [-0.15, -0.1) is 5.10 Å². The van der Waals surface area contributed by atoms with Gasteiger partial charge in [0.05, 0.1) is 12.1 Å². The van der Waals surface area contributed by atoms with Gasteiger partial charge in [0.25, 0.3) is 5.56 Å². The lowest BCUT2D eigenvalue weighted by atomic mass is 9.99. The van der Waals surface area contributed by atoms with Crippen LogP contribution in [-0.2, 0) is 19.4 Å². The van der Waals surface area contributed by atoms with E-state index in [1.54, 1.807) is 0 Å². The number of nitrogens with one attached hydrogen (secondary N) is 1. The second-order valence-electron chi connectivity index (χ2n) is 10.7. The maximum absolute atomic E-state index is 13.2. The molecular formula is C30H38N6O. The van der Waals surface area contributed by atoms with Crippen LogP contribution < -0.4 is 5.56 Å². The van der Waals surface area contributed by atoms with Crippen molar-refractivity contribution in [3.05, 3.63) is 87.5 Å². The van der Waals surface area contributed by atoms with Gasteiger partial charge in [-0.3, -0.25) is 9.69 Å². The molecule has 4 aromatic rings. The van der Waals surface area contributed by atoms with Crippen molar-refractivity contribution in [1.29, 1.82) is 0 Å². The minimum atomic E-state index is -0.0284. The van der Waals surface area contributed by atoms with Gasteiger partial charge in [-0.05, 0) is 76.7 Å². The number of rotatable bonds is 10. The van der Waals surface area contributed by atoms with Crippen LogP contribution in [0.3, 0.4) is 0 Å². The predicted octanol–water partition coefficient (Wildman–Crippen LogP) is 5.63. The van der Waals surface area contributed by atoms with Crippen molar-refractivity contribution in [3.8, 4) is 0 Å². The van der Waals surface area contributed by atoms with E-state index in [-0.39, 0.29) is 17.5 Å². The van der Waals surface area contributed by atoms with E-state index in [9.17, 15) is 4.79 Å². The summed E-state index contributed by atoms with van der Waals surface area (Å²) in [4.78, 5) is 18.8. The van der Waals surface area contributed by atoms with Gasteiger partial charge in [-0.25, -0.2) is 4.68 Å². The minimum absolute atomic E-state index is 0.00335. The van der Waals surface area contributed by atoms with Crippen LogP contribution in [0.1, 0.15) is 81.1 Å². The molecule has 2 aromatic carbocycles. The molecule has 7 nitrogen and oxygen atoms in total. The lowest BCUT2D eigenvalue weighted by Gasteiger charge is -2.34. The second-order valence-corrected chi connectivity index (χ2v) is 10.7. The van der Waals surface area contributed by atoms with Crippen molar-refractivity contribution in [1.82, 2.24) is 30.1 Å². The van der Waals surface area contributed by atoms with E-state index in [1.807, 2.05) is 12.1 Å². The molecule has 7 heteroatoms. The van der Waals surface area contributed by atoms with Gasteiger partial charge < -0.3 is 4.98 Å². The summed E-state index contributed by atoms with van der Waals surface area (Å²) in [7, 11) is 0. The highest BCUT2D eigenvalue weighted by atomic mass is 16.1. The number of nitrogens with zero attached hydrogens (tertiary/aromatic N) is 5. The molecule has 1 aliphatic carbocycles.